The Labute approximate surface area is 166 Å². The van der Waals surface area contributed by atoms with Crippen LogP contribution < -0.4 is 15.8 Å². The van der Waals surface area contributed by atoms with E-state index < -0.39 is 28.8 Å². The van der Waals surface area contributed by atoms with Crippen molar-refractivity contribution in [3.05, 3.63) is 65.5 Å². The fraction of sp³-hybridized carbons (Fsp3) is 0.0526. The van der Waals surface area contributed by atoms with Crippen LogP contribution in [-0.2, 0) is 0 Å². The molecule has 30 heavy (non-hydrogen) atoms. The number of aromatic amines is 1. The van der Waals surface area contributed by atoms with E-state index in [1.807, 2.05) is 0 Å². The Kier molecular flexibility index (Phi) is 4.70. The van der Waals surface area contributed by atoms with Crippen molar-refractivity contribution in [1.82, 2.24) is 19.9 Å². The van der Waals surface area contributed by atoms with Gasteiger partial charge < -0.3 is 20.8 Å². The normalized spacial score (nSPS) is 10.9. The van der Waals surface area contributed by atoms with E-state index in [2.05, 4.69) is 25.3 Å². The summed E-state index contributed by atoms with van der Waals surface area (Å²) in [6.07, 6.45) is 3.68. The van der Waals surface area contributed by atoms with Crippen LogP contribution in [0.5, 0.6) is 5.75 Å². The molecule has 0 bridgehead atoms. The number of hydrogen-bond acceptors (Lipinski definition) is 7. The van der Waals surface area contributed by atoms with Gasteiger partial charge in [-0.05, 0) is 12.1 Å². The van der Waals surface area contributed by atoms with Crippen molar-refractivity contribution in [1.29, 1.82) is 0 Å². The fourth-order valence-corrected chi connectivity index (χ4v) is 2.88. The van der Waals surface area contributed by atoms with Crippen molar-refractivity contribution in [3.63, 3.8) is 0 Å². The minimum atomic E-state index is -1.18. The molecule has 152 valence electrons. The maximum atomic E-state index is 14.4. The fourth-order valence-electron chi connectivity index (χ4n) is 2.88. The van der Waals surface area contributed by atoms with Crippen LogP contribution in [0.15, 0.2) is 36.9 Å². The third kappa shape index (κ3) is 3.15. The predicted molar refractivity (Wildman–Crippen MR) is 102 cm³/mol. The third-order valence-electron chi connectivity index (χ3n) is 4.35. The standard InChI is InChI=1S/C19H13F3N6O2/c1-30-8-4-11(21)17(24-5-8)28-19-13-9(6-25-18(13)26-7-27-19)16(29)14-10(20)2-3-12(23)15(14)22/h2-7H,23H2,1H3,(H2,24,25,26,27,28). The molecule has 0 radical (unpaired) electrons. The van der Waals surface area contributed by atoms with E-state index in [9.17, 15) is 18.0 Å². The van der Waals surface area contributed by atoms with Crippen molar-refractivity contribution >= 4 is 34.1 Å². The number of H-pyrrole nitrogens is 1. The summed E-state index contributed by atoms with van der Waals surface area (Å²) in [6, 6.07) is 3.02. The highest BCUT2D eigenvalue weighted by atomic mass is 19.1. The first kappa shape index (κ1) is 19.2. The highest BCUT2D eigenvalue weighted by Crippen LogP contribution is 2.30. The van der Waals surface area contributed by atoms with E-state index in [0.29, 0.717) is 0 Å². The number of nitrogens with zero attached hydrogens (tertiary/aromatic N) is 3. The summed E-state index contributed by atoms with van der Waals surface area (Å²) in [7, 11) is 1.36. The molecule has 3 heterocycles. The van der Waals surface area contributed by atoms with Gasteiger partial charge in [-0.3, -0.25) is 4.79 Å². The number of carbonyl (C=O) groups excluding carboxylic acids is 1. The van der Waals surface area contributed by atoms with Gasteiger partial charge in [0.05, 0.1) is 35.5 Å². The molecule has 0 saturated carbocycles. The first-order valence-electron chi connectivity index (χ1n) is 8.47. The lowest BCUT2D eigenvalue weighted by molar-refractivity contribution is 0.103. The van der Waals surface area contributed by atoms with E-state index in [-0.39, 0.29) is 39.7 Å². The maximum absolute atomic E-state index is 14.4. The molecule has 0 unspecified atom stereocenters. The Morgan fingerprint density at radius 1 is 1.13 bits per heavy atom. The monoisotopic (exact) mass is 414 g/mol. The third-order valence-corrected chi connectivity index (χ3v) is 4.35. The second kappa shape index (κ2) is 7.35. The number of nitrogen functional groups attached to an aromatic ring is 1. The number of ketones is 1. The minimum Gasteiger partial charge on any atom is -0.495 e. The molecule has 0 aliphatic heterocycles. The molecule has 0 atom stereocenters. The van der Waals surface area contributed by atoms with Crippen molar-refractivity contribution in [2.24, 2.45) is 0 Å². The summed E-state index contributed by atoms with van der Waals surface area (Å²) in [4.78, 5) is 27.6. The number of nitrogens with two attached hydrogens (primary N) is 1. The summed E-state index contributed by atoms with van der Waals surface area (Å²) in [5, 5.41) is 2.76. The van der Waals surface area contributed by atoms with Crippen molar-refractivity contribution in [3.8, 4) is 5.75 Å². The number of rotatable bonds is 5. The second-order valence-corrected chi connectivity index (χ2v) is 6.13. The molecular weight excluding hydrogens is 401 g/mol. The van der Waals surface area contributed by atoms with Crippen LogP contribution in [-0.4, -0.2) is 32.8 Å². The summed E-state index contributed by atoms with van der Waals surface area (Å²) in [6.45, 7) is 0. The van der Waals surface area contributed by atoms with Gasteiger partial charge in [-0.15, -0.1) is 0 Å². The Morgan fingerprint density at radius 2 is 1.93 bits per heavy atom. The zero-order chi connectivity index (χ0) is 21.4. The number of benzene rings is 1. The zero-order valence-electron chi connectivity index (χ0n) is 15.3. The van der Waals surface area contributed by atoms with Crippen molar-refractivity contribution in [2.45, 2.75) is 0 Å². The summed E-state index contributed by atoms with van der Waals surface area (Å²) >= 11 is 0. The van der Waals surface area contributed by atoms with Gasteiger partial charge in [0.15, 0.2) is 17.5 Å². The molecule has 8 nitrogen and oxygen atoms in total. The van der Waals surface area contributed by atoms with Gasteiger partial charge >= 0.3 is 0 Å². The summed E-state index contributed by atoms with van der Waals surface area (Å²) < 4.78 is 47.8. The number of pyridine rings is 1. The van der Waals surface area contributed by atoms with Crippen LogP contribution in [0.25, 0.3) is 11.0 Å². The van der Waals surface area contributed by atoms with Crippen molar-refractivity contribution < 1.29 is 22.7 Å². The second-order valence-electron chi connectivity index (χ2n) is 6.13. The SMILES string of the molecule is COc1cnc(Nc2ncnc3[nH]cc(C(=O)c4c(F)ccc(N)c4F)c23)c(F)c1. The van der Waals surface area contributed by atoms with Crippen LogP contribution in [0.1, 0.15) is 15.9 Å². The van der Waals surface area contributed by atoms with E-state index in [1.165, 1.54) is 25.8 Å². The van der Waals surface area contributed by atoms with Gasteiger partial charge in [-0.1, -0.05) is 0 Å². The zero-order valence-corrected chi connectivity index (χ0v) is 15.3. The summed E-state index contributed by atoms with van der Waals surface area (Å²) in [5.74, 6) is -3.96. The number of methoxy groups -OCH3 is 1. The number of nitrogens with one attached hydrogen (secondary N) is 2. The van der Waals surface area contributed by atoms with Gasteiger partial charge in [0.25, 0.3) is 0 Å². The van der Waals surface area contributed by atoms with Gasteiger partial charge in [0.2, 0.25) is 5.78 Å². The van der Waals surface area contributed by atoms with Gasteiger partial charge in [-0.2, -0.15) is 0 Å². The molecule has 4 aromatic rings. The molecule has 0 aliphatic carbocycles. The lowest BCUT2D eigenvalue weighted by atomic mass is 10.0. The Morgan fingerprint density at radius 3 is 2.67 bits per heavy atom. The smallest absolute Gasteiger partial charge is 0.201 e. The first-order valence-corrected chi connectivity index (χ1v) is 8.47. The number of fused-ring (bicyclic) bond motifs is 1. The quantitative estimate of drug-likeness (QED) is 0.339. The molecule has 1 aromatic carbocycles. The highest BCUT2D eigenvalue weighted by molar-refractivity contribution is 6.18. The lowest BCUT2D eigenvalue weighted by Crippen LogP contribution is -2.10. The molecule has 0 amide bonds. The number of halogens is 3. The average Bonchev–Trinajstić information content (AvgIpc) is 3.17. The molecule has 0 aliphatic rings. The average molecular weight is 414 g/mol. The molecule has 11 heteroatoms. The number of anilines is 3. The molecule has 0 spiro atoms. The lowest BCUT2D eigenvalue weighted by Gasteiger charge is -2.10. The largest absolute Gasteiger partial charge is 0.495 e. The van der Waals surface area contributed by atoms with Crippen LogP contribution >= 0.6 is 0 Å². The van der Waals surface area contributed by atoms with Gasteiger partial charge in [0, 0.05) is 12.3 Å². The molecule has 4 N–H and O–H groups in total. The highest BCUT2D eigenvalue weighted by Gasteiger charge is 2.25. The maximum Gasteiger partial charge on any atom is 0.201 e. The van der Waals surface area contributed by atoms with Gasteiger partial charge in [0.1, 0.15) is 29.4 Å². The molecule has 4 rings (SSSR count). The van der Waals surface area contributed by atoms with Crippen LogP contribution in [0, 0.1) is 17.5 Å². The number of aromatic nitrogens is 4. The number of ether oxygens (including phenoxy) is 1. The van der Waals surface area contributed by atoms with E-state index >= 15 is 0 Å². The van der Waals surface area contributed by atoms with E-state index in [4.69, 9.17) is 10.5 Å². The number of hydrogen-bond donors (Lipinski definition) is 3. The first-order chi connectivity index (χ1) is 14.4. The predicted octanol–water partition coefficient (Wildman–Crippen LogP) is 3.34. The van der Waals surface area contributed by atoms with Crippen LogP contribution in [0.2, 0.25) is 0 Å². The van der Waals surface area contributed by atoms with Crippen LogP contribution in [0.3, 0.4) is 0 Å². The van der Waals surface area contributed by atoms with E-state index in [1.54, 1.807) is 0 Å². The Hall–Kier alpha value is -4.15. The van der Waals surface area contributed by atoms with Crippen LogP contribution in [0.4, 0.5) is 30.5 Å². The Bertz CT molecular complexity index is 1290. The topological polar surface area (TPSA) is 119 Å². The minimum absolute atomic E-state index is 0.00545. The van der Waals surface area contributed by atoms with Crippen molar-refractivity contribution in [2.75, 3.05) is 18.2 Å². The molecule has 0 saturated heterocycles. The Balaban J connectivity index is 1.83. The van der Waals surface area contributed by atoms with Gasteiger partial charge in [-0.25, -0.2) is 28.1 Å². The molecule has 3 aromatic heterocycles. The molecule has 0 fully saturated rings. The summed E-state index contributed by atoms with van der Waals surface area (Å²) in [5.41, 5.74) is 4.33. The van der Waals surface area contributed by atoms with E-state index in [0.717, 1.165) is 18.2 Å². The number of carbonyl (C=O) groups is 1. The molecular formula is C19H13F3N6O2.